The quantitative estimate of drug-likeness (QED) is 0.699. The molecule has 0 unspecified atom stereocenters. The molecule has 0 radical (unpaired) electrons. The number of Topliss-reactive ketones (excluding diaryl/α,β-unsaturated/α-hetero) is 1. The first kappa shape index (κ1) is 16.1. The molecule has 24 heavy (non-hydrogen) atoms. The minimum atomic E-state index is -0.408. The Hall–Kier alpha value is -2.81. The number of aryl methyl sites for hydroxylation is 2. The van der Waals surface area contributed by atoms with Crippen LogP contribution in [-0.2, 0) is 11.3 Å². The predicted molar refractivity (Wildman–Crippen MR) is 90.6 cm³/mol. The molecule has 8 nitrogen and oxygen atoms in total. The summed E-state index contributed by atoms with van der Waals surface area (Å²) in [6, 6.07) is 1.70. The maximum Gasteiger partial charge on any atom is 0.263 e. The zero-order valence-electron chi connectivity index (χ0n) is 13.3. The van der Waals surface area contributed by atoms with Crippen LogP contribution >= 0.6 is 11.3 Å². The van der Waals surface area contributed by atoms with E-state index < -0.39 is 5.91 Å². The zero-order chi connectivity index (χ0) is 17.4. The number of carbonyl (C=O) groups is 2. The predicted octanol–water partition coefficient (Wildman–Crippen LogP) is 1.64. The molecule has 3 aromatic rings. The molecule has 3 heterocycles. The number of rotatable bonds is 4. The Kier molecular flexibility index (Phi) is 4.02. The standard InChI is InChI=1S/C15H15N5O3S/c1-7-4-10-13(17-7)16-6-20(14(10)23)5-11(22)19-15-18-8(2)12(24-15)9(3)21/h4,6,17H,5H2,1-3H3,(H,18,19,22). The lowest BCUT2D eigenvalue weighted by atomic mass is 10.3. The third kappa shape index (κ3) is 2.98. The molecule has 0 spiro atoms. The lowest BCUT2D eigenvalue weighted by molar-refractivity contribution is -0.116. The highest BCUT2D eigenvalue weighted by Gasteiger charge is 2.15. The Morgan fingerprint density at radius 3 is 2.79 bits per heavy atom. The number of carbonyl (C=O) groups excluding carboxylic acids is 2. The van der Waals surface area contributed by atoms with E-state index in [2.05, 4.69) is 20.3 Å². The van der Waals surface area contributed by atoms with E-state index in [1.54, 1.807) is 13.0 Å². The average molecular weight is 345 g/mol. The van der Waals surface area contributed by atoms with E-state index in [1.165, 1.54) is 17.8 Å². The topological polar surface area (TPSA) is 110 Å². The number of ketones is 1. The van der Waals surface area contributed by atoms with Gasteiger partial charge in [0.2, 0.25) is 5.91 Å². The van der Waals surface area contributed by atoms with Gasteiger partial charge in [-0.15, -0.1) is 0 Å². The molecule has 0 saturated carbocycles. The number of anilines is 1. The summed E-state index contributed by atoms with van der Waals surface area (Å²) in [6.45, 7) is 4.81. The van der Waals surface area contributed by atoms with Crippen molar-refractivity contribution in [2.24, 2.45) is 0 Å². The summed E-state index contributed by atoms with van der Waals surface area (Å²) in [4.78, 5) is 47.7. The number of nitrogens with zero attached hydrogens (tertiary/aromatic N) is 3. The number of aromatic amines is 1. The van der Waals surface area contributed by atoms with Crippen LogP contribution in [0.15, 0.2) is 17.2 Å². The second-order valence-corrected chi connectivity index (χ2v) is 6.43. The van der Waals surface area contributed by atoms with Gasteiger partial charge in [-0.3, -0.25) is 19.0 Å². The molecule has 0 saturated heterocycles. The first-order valence-corrected chi connectivity index (χ1v) is 8.00. The van der Waals surface area contributed by atoms with Gasteiger partial charge >= 0.3 is 0 Å². The molecule has 0 atom stereocenters. The fraction of sp³-hybridized carbons (Fsp3) is 0.267. The molecular formula is C15H15N5O3S. The smallest absolute Gasteiger partial charge is 0.263 e. The maximum absolute atomic E-state index is 12.3. The molecule has 0 fully saturated rings. The number of H-pyrrole nitrogens is 1. The number of amides is 1. The average Bonchev–Trinajstić information content (AvgIpc) is 3.05. The van der Waals surface area contributed by atoms with Crippen molar-refractivity contribution in [3.8, 4) is 0 Å². The molecule has 2 N–H and O–H groups in total. The zero-order valence-corrected chi connectivity index (χ0v) is 14.2. The summed E-state index contributed by atoms with van der Waals surface area (Å²) in [6.07, 6.45) is 1.33. The molecule has 124 valence electrons. The van der Waals surface area contributed by atoms with E-state index in [9.17, 15) is 14.4 Å². The monoisotopic (exact) mass is 345 g/mol. The molecule has 0 bridgehead atoms. The third-order valence-corrected chi connectivity index (χ3v) is 4.60. The van der Waals surface area contributed by atoms with E-state index in [0.29, 0.717) is 26.7 Å². The minimum Gasteiger partial charge on any atom is -0.343 e. The summed E-state index contributed by atoms with van der Waals surface area (Å²) in [7, 11) is 0. The summed E-state index contributed by atoms with van der Waals surface area (Å²) in [5.74, 6) is -0.506. The highest BCUT2D eigenvalue weighted by Crippen LogP contribution is 2.22. The number of fused-ring (bicyclic) bond motifs is 1. The van der Waals surface area contributed by atoms with Crippen LogP contribution in [0.2, 0.25) is 0 Å². The number of hydrogen-bond donors (Lipinski definition) is 2. The van der Waals surface area contributed by atoms with Crippen LogP contribution in [0, 0.1) is 13.8 Å². The summed E-state index contributed by atoms with van der Waals surface area (Å²) in [5, 5.41) is 3.38. The van der Waals surface area contributed by atoms with Gasteiger partial charge in [0.25, 0.3) is 5.56 Å². The fourth-order valence-corrected chi connectivity index (χ4v) is 3.26. The van der Waals surface area contributed by atoms with E-state index in [-0.39, 0.29) is 17.9 Å². The van der Waals surface area contributed by atoms with Gasteiger partial charge in [0.1, 0.15) is 18.5 Å². The summed E-state index contributed by atoms with van der Waals surface area (Å²) in [5.41, 5.74) is 1.60. The van der Waals surface area contributed by atoms with Crippen LogP contribution in [0.4, 0.5) is 5.13 Å². The van der Waals surface area contributed by atoms with Gasteiger partial charge in [-0.1, -0.05) is 11.3 Å². The fourth-order valence-electron chi connectivity index (χ4n) is 2.38. The van der Waals surface area contributed by atoms with Gasteiger partial charge in [0.15, 0.2) is 10.9 Å². The lowest BCUT2D eigenvalue weighted by Gasteiger charge is -2.04. The molecular weight excluding hydrogens is 330 g/mol. The van der Waals surface area contributed by atoms with E-state index in [0.717, 1.165) is 17.0 Å². The van der Waals surface area contributed by atoms with Crippen LogP contribution in [0.1, 0.15) is 28.0 Å². The maximum atomic E-state index is 12.3. The van der Waals surface area contributed by atoms with Crippen molar-refractivity contribution in [3.05, 3.63) is 39.0 Å². The summed E-state index contributed by atoms with van der Waals surface area (Å²) >= 11 is 1.12. The molecule has 9 heteroatoms. The Morgan fingerprint density at radius 1 is 1.38 bits per heavy atom. The van der Waals surface area contributed by atoms with Crippen molar-refractivity contribution in [2.75, 3.05) is 5.32 Å². The molecule has 3 rings (SSSR count). The first-order valence-electron chi connectivity index (χ1n) is 7.18. The number of hydrogen-bond acceptors (Lipinski definition) is 6. The van der Waals surface area contributed by atoms with Crippen molar-refractivity contribution in [3.63, 3.8) is 0 Å². The Labute approximate surface area is 140 Å². The number of thiazole rings is 1. The normalized spacial score (nSPS) is 11.0. The van der Waals surface area contributed by atoms with Gasteiger partial charge in [-0.25, -0.2) is 9.97 Å². The van der Waals surface area contributed by atoms with E-state index in [1.807, 2.05) is 6.92 Å². The van der Waals surface area contributed by atoms with Crippen molar-refractivity contribution in [1.82, 2.24) is 19.5 Å². The second-order valence-electron chi connectivity index (χ2n) is 5.43. The Bertz CT molecular complexity index is 1010. The molecule has 1 amide bonds. The van der Waals surface area contributed by atoms with Crippen LogP contribution in [0.3, 0.4) is 0 Å². The minimum absolute atomic E-state index is 0.0980. The van der Waals surface area contributed by atoms with Crippen LogP contribution in [0.25, 0.3) is 11.0 Å². The van der Waals surface area contributed by atoms with Crippen LogP contribution < -0.4 is 10.9 Å². The van der Waals surface area contributed by atoms with Crippen molar-refractivity contribution in [1.29, 1.82) is 0 Å². The van der Waals surface area contributed by atoms with Crippen molar-refractivity contribution < 1.29 is 9.59 Å². The SMILES string of the molecule is CC(=O)c1sc(NC(=O)Cn2cnc3[nH]c(C)cc3c2=O)nc1C. The Balaban J connectivity index is 1.80. The largest absolute Gasteiger partial charge is 0.343 e. The highest BCUT2D eigenvalue weighted by molar-refractivity contribution is 7.17. The number of aromatic nitrogens is 4. The number of nitrogens with one attached hydrogen (secondary N) is 2. The van der Waals surface area contributed by atoms with Gasteiger partial charge in [0, 0.05) is 12.6 Å². The van der Waals surface area contributed by atoms with Gasteiger partial charge < -0.3 is 10.3 Å². The van der Waals surface area contributed by atoms with Crippen molar-refractivity contribution >= 4 is 39.2 Å². The molecule has 3 aromatic heterocycles. The third-order valence-electron chi connectivity index (χ3n) is 3.43. The van der Waals surface area contributed by atoms with E-state index >= 15 is 0 Å². The highest BCUT2D eigenvalue weighted by atomic mass is 32.1. The summed E-state index contributed by atoms with van der Waals surface area (Å²) < 4.78 is 1.23. The Morgan fingerprint density at radius 2 is 2.12 bits per heavy atom. The molecule has 0 aromatic carbocycles. The van der Waals surface area contributed by atoms with E-state index in [4.69, 9.17) is 0 Å². The first-order chi connectivity index (χ1) is 11.3. The second kappa shape index (κ2) is 6.00. The molecule has 0 aliphatic heterocycles. The van der Waals surface area contributed by atoms with Gasteiger partial charge in [-0.2, -0.15) is 0 Å². The van der Waals surface area contributed by atoms with Gasteiger partial charge in [-0.05, 0) is 19.9 Å². The molecule has 0 aliphatic carbocycles. The lowest BCUT2D eigenvalue weighted by Crippen LogP contribution is -2.27. The van der Waals surface area contributed by atoms with Gasteiger partial charge in [0.05, 0.1) is 16.0 Å². The van der Waals surface area contributed by atoms with Crippen LogP contribution in [0.5, 0.6) is 0 Å². The molecule has 0 aliphatic rings. The van der Waals surface area contributed by atoms with Crippen molar-refractivity contribution in [2.45, 2.75) is 27.3 Å². The van der Waals surface area contributed by atoms with Crippen LogP contribution in [-0.4, -0.2) is 31.2 Å².